The topological polar surface area (TPSA) is 141 Å². The maximum Gasteiger partial charge on any atom is 0.358 e. The smallest absolute Gasteiger partial charge is 0.358 e. The van der Waals surface area contributed by atoms with Crippen molar-refractivity contribution >= 4 is 13.6 Å². The van der Waals surface area contributed by atoms with Gasteiger partial charge in [-0.3, -0.25) is 9.36 Å². The first-order valence-electron chi connectivity index (χ1n) is 5.02. The molecule has 0 amide bonds. The van der Waals surface area contributed by atoms with Crippen molar-refractivity contribution in [3.05, 3.63) is 35.4 Å². The molecule has 0 aliphatic rings. The van der Waals surface area contributed by atoms with Crippen LogP contribution in [-0.4, -0.2) is 32.0 Å². The van der Waals surface area contributed by atoms with E-state index in [0.29, 0.717) is 5.56 Å². The summed E-state index contributed by atoms with van der Waals surface area (Å²) in [6.07, 6.45) is 0.0988. The normalized spacial score (nSPS) is 15.1. The molecular formula is C10H14NO6P. The average molecular weight is 275 g/mol. The van der Waals surface area contributed by atoms with Gasteiger partial charge in [-0.2, -0.15) is 0 Å². The highest BCUT2D eigenvalue weighted by Gasteiger charge is 2.27. The largest absolute Gasteiger partial charge is 0.480 e. The standard InChI is InChI=1S/C10H14NO6P/c11-8(9(12)13)5-6-1-3-7(4-2-6)10(14)18(15,16)17/h1-4,8,10,14H,5,11H2,(H,12,13)(H2,15,16,17)/t8-,10?/m0/s1. The minimum Gasteiger partial charge on any atom is -0.480 e. The molecule has 0 aromatic heterocycles. The maximum atomic E-state index is 10.8. The predicted molar refractivity (Wildman–Crippen MR) is 62.8 cm³/mol. The van der Waals surface area contributed by atoms with Gasteiger partial charge in [0.05, 0.1) is 0 Å². The molecule has 0 fully saturated rings. The van der Waals surface area contributed by atoms with Crippen molar-refractivity contribution in [2.24, 2.45) is 5.73 Å². The highest BCUT2D eigenvalue weighted by atomic mass is 31.2. The number of carbonyl (C=O) groups is 1. The molecule has 1 unspecified atom stereocenters. The van der Waals surface area contributed by atoms with Crippen LogP contribution in [0.3, 0.4) is 0 Å². The van der Waals surface area contributed by atoms with Crippen molar-refractivity contribution in [3.63, 3.8) is 0 Å². The Hall–Kier alpha value is -1.24. The fourth-order valence-corrected chi connectivity index (χ4v) is 1.92. The van der Waals surface area contributed by atoms with E-state index in [4.69, 9.17) is 20.6 Å². The molecule has 2 atom stereocenters. The van der Waals surface area contributed by atoms with Gasteiger partial charge in [0.2, 0.25) is 0 Å². The van der Waals surface area contributed by atoms with Gasteiger partial charge < -0.3 is 25.7 Å². The summed E-state index contributed by atoms with van der Waals surface area (Å²) in [5.74, 6) is -3.01. The molecule has 0 saturated heterocycles. The average Bonchev–Trinajstić information content (AvgIpc) is 2.27. The van der Waals surface area contributed by atoms with Crippen LogP contribution in [0.25, 0.3) is 0 Å². The van der Waals surface area contributed by atoms with E-state index in [1.807, 2.05) is 0 Å². The number of hydrogen-bond acceptors (Lipinski definition) is 4. The lowest BCUT2D eigenvalue weighted by Gasteiger charge is -2.13. The van der Waals surface area contributed by atoms with Crippen molar-refractivity contribution in [1.82, 2.24) is 0 Å². The van der Waals surface area contributed by atoms with Gasteiger partial charge in [-0.1, -0.05) is 24.3 Å². The minimum absolute atomic E-state index is 0.0657. The summed E-state index contributed by atoms with van der Waals surface area (Å²) in [6.45, 7) is 0. The summed E-state index contributed by atoms with van der Waals surface area (Å²) in [4.78, 5) is 28.1. The van der Waals surface area contributed by atoms with Crippen molar-refractivity contribution in [3.8, 4) is 0 Å². The van der Waals surface area contributed by atoms with Gasteiger partial charge in [0.25, 0.3) is 0 Å². The molecule has 0 aliphatic heterocycles. The van der Waals surface area contributed by atoms with Crippen LogP contribution in [0, 0.1) is 0 Å². The SMILES string of the molecule is N[C@@H](Cc1ccc(C(O)P(=O)(O)O)cc1)C(=O)O. The second-order valence-corrected chi connectivity index (χ2v) is 5.52. The fraction of sp³-hybridized carbons (Fsp3) is 0.300. The van der Waals surface area contributed by atoms with Gasteiger partial charge in [0, 0.05) is 0 Å². The second-order valence-electron chi connectivity index (χ2n) is 3.85. The summed E-state index contributed by atoms with van der Waals surface area (Å²) in [5, 5.41) is 18.0. The van der Waals surface area contributed by atoms with E-state index < -0.39 is 25.5 Å². The zero-order valence-electron chi connectivity index (χ0n) is 9.30. The fourth-order valence-electron chi connectivity index (χ4n) is 1.36. The number of hydrogen-bond donors (Lipinski definition) is 5. The predicted octanol–water partition coefficient (Wildman–Crippen LogP) is -0.190. The first kappa shape index (κ1) is 14.8. The third-order valence-electron chi connectivity index (χ3n) is 2.37. The monoisotopic (exact) mass is 275 g/mol. The molecule has 1 aromatic rings. The number of carboxylic acids is 1. The summed E-state index contributed by atoms with van der Waals surface area (Å²) < 4.78 is 10.8. The van der Waals surface area contributed by atoms with Crippen LogP contribution in [-0.2, 0) is 15.8 Å². The lowest BCUT2D eigenvalue weighted by Crippen LogP contribution is -2.32. The highest BCUT2D eigenvalue weighted by Crippen LogP contribution is 2.49. The molecular weight excluding hydrogens is 261 g/mol. The lowest BCUT2D eigenvalue weighted by atomic mass is 10.1. The molecule has 0 radical (unpaired) electrons. The maximum absolute atomic E-state index is 10.8. The Balaban J connectivity index is 2.81. The molecule has 0 saturated carbocycles. The second kappa shape index (κ2) is 5.60. The number of benzene rings is 1. The molecule has 1 aromatic carbocycles. The van der Waals surface area contributed by atoms with Gasteiger partial charge in [-0.15, -0.1) is 0 Å². The molecule has 0 bridgehead atoms. The number of aliphatic hydroxyl groups excluding tert-OH is 1. The van der Waals surface area contributed by atoms with Crippen LogP contribution in [0.15, 0.2) is 24.3 Å². The van der Waals surface area contributed by atoms with Crippen LogP contribution in [0.4, 0.5) is 0 Å². The van der Waals surface area contributed by atoms with Crippen molar-refractivity contribution in [2.45, 2.75) is 18.3 Å². The van der Waals surface area contributed by atoms with E-state index >= 15 is 0 Å². The van der Waals surface area contributed by atoms with Crippen LogP contribution in [0.1, 0.15) is 17.0 Å². The first-order chi connectivity index (χ1) is 8.21. The van der Waals surface area contributed by atoms with E-state index in [2.05, 4.69) is 0 Å². The first-order valence-corrected chi connectivity index (χ1v) is 6.70. The van der Waals surface area contributed by atoms with Crippen LogP contribution in [0.2, 0.25) is 0 Å². The highest BCUT2D eigenvalue weighted by molar-refractivity contribution is 7.51. The zero-order chi connectivity index (χ0) is 13.9. The van der Waals surface area contributed by atoms with Gasteiger partial charge in [0.1, 0.15) is 6.04 Å². The molecule has 1 rings (SSSR count). The molecule has 8 heteroatoms. The van der Waals surface area contributed by atoms with E-state index in [1.54, 1.807) is 0 Å². The molecule has 7 nitrogen and oxygen atoms in total. The van der Waals surface area contributed by atoms with E-state index in [-0.39, 0.29) is 12.0 Å². The summed E-state index contributed by atoms with van der Waals surface area (Å²) in [7, 11) is -4.60. The van der Waals surface area contributed by atoms with Crippen LogP contribution >= 0.6 is 7.60 Å². The van der Waals surface area contributed by atoms with Gasteiger partial charge in [0.15, 0.2) is 5.85 Å². The van der Waals surface area contributed by atoms with E-state index in [0.717, 1.165) is 0 Å². The Bertz CT molecular complexity index is 468. The molecule has 6 N–H and O–H groups in total. The molecule has 18 heavy (non-hydrogen) atoms. The number of aliphatic carboxylic acids is 1. The Kier molecular flexibility index (Phi) is 4.61. The Labute approximate surface area is 103 Å². The number of carboxylic acid groups (broad SMARTS) is 1. The Morgan fingerprint density at radius 2 is 1.78 bits per heavy atom. The van der Waals surface area contributed by atoms with E-state index in [1.165, 1.54) is 24.3 Å². The number of rotatable bonds is 5. The summed E-state index contributed by atoms with van der Waals surface area (Å²) >= 11 is 0. The van der Waals surface area contributed by atoms with Crippen molar-refractivity contribution in [1.29, 1.82) is 0 Å². The quantitative estimate of drug-likeness (QED) is 0.469. The van der Waals surface area contributed by atoms with Crippen LogP contribution in [0.5, 0.6) is 0 Å². The third kappa shape index (κ3) is 3.90. The van der Waals surface area contributed by atoms with Crippen LogP contribution < -0.4 is 5.73 Å². The Morgan fingerprint density at radius 3 is 2.17 bits per heavy atom. The van der Waals surface area contributed by atoms with Crippen molar-refractivity contribution < 1.29 is 29.4 Å². The summed E-state index contributed by atoms with van der Waals surface area (Å²) in [5.41, 5.74) is 6.01. The lowest BCUT2D eigenvalue weighted by molar-refractivity contribution is -0.138. The van der Waals surface area contributed by atoms with E-state index in [9.17, 15) is 14.5 Å². The van der Waals surface area contributed by atoms with Gasteiger partial charge in [-0.05, 0) is 17.5 Å². The Morgan fingerprint density at radius 1 is 1.28 bits per heavy atom. The van der Waals surface area contributed by atoms with Gasteiger partial charge in [-0.25, -0.2) is 0 Å². The zero-order valence-corrected chi connectivity index (χ0v) is 10.2. The summed E-state index contributed by atoms with van der Waals surface area (Å²) in [6, 6.07) is 4.55. The molecule has 0 heterocycles. The third-order valence-corrected chi connectivity index (χ3v) is 3.30. The van der Waals surface area contributed by atoms with Crippen molar-refractivity contribution in [2.75, 3.05) is 0 Å². The number of nitrogens with two attached hydrogens (primary N) is 1. The molecule has 100 valence electrons. The molecule has 0 aliphatic carbocycles. The molecule has 0 spiro atoms. The van der Waals surface area contributed by atoms with Gasteiger partial charge >= 0.3 is 13.6 Å². The minimum atomic E-state index is -4.60. The number of aliphatic hydroxyl groups is 1.